The number of rotatable bonds is 4. The zero-order valence-electron chi connectivity index (χ0n) is 12.1. The van der Waals surface area contributed by atoms with Crippen LogP contribution in [-0.4, -0.2) is 20.7 Å². The van der Waals surface area contributed by atoms with Crippen molar-refractivity contribution < 1.29 is 4.79 Å². The molecule has 0 spiro atoms. The minimum absolute atomic E-state index is 0.227. The highest BCUT2D eigenvalue weighted by atomic mass is 16.2. The standard InChI is InChI=1S/C15H18N4O2/c1-9-8-13(18-19(9)10(2)11-6-7-11)17-15(21)12-4-3-5-14(20)16-12/h3-5,8,10-11H,6-7H2,1-2H3,(H,16,20)(H,17,18,21). The number of aromatic nitrogens is 3. The van der Waals surface area contributed by atoms with E-state index in [2.05, 4.69) is 22.3 Å². The Bertz CT molecular complexity index is 727. The van der Waals surface area contributed by atoms with Crippen LogP contribution in [0.3, 0.4) is 0 Å². The maximum Gasteiger partial charge on any atom is 0.273 e. The number of anilines is 1. The smallest absolute Gasteiger partial charge is 0.273 e. The first-order valence-electron chi connectivity index (χ1n) is 7.11. The third kappa shape index (κ3) is 2.89. The molecule has 110 valence electrons. The van der Waals surface area contributed by atoms with E-state index in [1.54, 1.807) is 12.1 Å². The van der Waals surface area contributed by atoms with Gasteiger partial charge in [-0.25, -0.2) is 0 Å². The van der Waals surface area contributed by atoms with Crippen molar-refractivity contribution in [2.45, 2.75) is 32.7 Å². The van der Waals surface area contributed by atoms with E-state index in [0.29, 0.717) is 17.8 Å². The van der Waals surface area contributed by atoms with Crippen molar-refractivity contribution in [2.24, 2.45) is 5.92 Å². The van der Waals surface area contributed by atoms with Crippen molar-refractivity contribution in [3.63, 3.8) is 0 Å². The van der Waals surface area contributed by atoms with Gasteiger partial charge in [-0.05, 0) is 38.7 Å². The first kappa shape index (κ1) is 13.6. The number of H-pyrrole nitrogens is 1. The molecule has 1 aliphatic carbocycles. The van der Waals surface area contributed by atoms with Crippen molar-refractivity contribution in [3.05, 3.63) is 46.0 Å². The van der Waals surface area contributed by atoms with Gasteiger partial charge >= 0.3 is 0 Å². The molecule has 1 fully saturated rings. The summed E-state index contributed by atoms with van der Waals surface area (Å²) in [6.45, 7) is 4.13. The molecule has 1 unspecified atom stereocenters. The molecule has 21 heavy (non-hydrogen) atoms. The molecule has 2 aromatic heterocycles. The Kier molecular flexibility index (Phi) is 3.37. The summed E-state index contributed by atoms with van der Waals surface area (Å²) >= 11 is 0. The molecule has 0 radical (unpaired) electrons. The third-order valence-electron chi connectivity index (χ3n) is 3.87. The largest absolute Gasteiger partial charge is 0.318 e. The zero-order valence-corrected chi connectivity index (χ0v) is 12.1. The fourth-order valence-electron chi connectivity index (χ4n) is 2.50. The minimum Gasteiger partial charge on any atom is -0.318 e. The summed E-state index contributed by atoms with van der Waals surface area (Å²) in [6.07, 6.45) is 2.49. The molecular formula is C15H18N4O2. The Balaban J connectivity index is 1.77. The van der Waals surface area contributed by atoms with Crippen LogP contribution >= 0.6 is 0 Å². The molecule has 2 heterocycles. The van der Waals surface area contributed by atoms with E-state index >= 15 is 0 Å². The van der Waals surface area contributed by atoms with Crippen molar-refractivity contribution in [3.8, 4) is 0 Å². The van der Waals surface area contributed by atoms with Crippen LogP contribution in [0.4, 0.5) is 5.82 Å². The van der Waals surface area contributed by atoms with E-state index in [4.69, 9.17) is 0 Å². The second-order valence-electron chi connectivity index (χ2n) is 5.58. The summed E-state index contributed by atoms with van der Waals surface area (Å²) in [5, 5.41) is 7.17. The van der Waals surface area contributed by atoms with Gasteiger partial charge in [0, 0.05) is 17.8 Å². The second kappa shape index (κ2) is 5.20. The molecular weight excluding hydrogens is 268 g/mol. The fraction of sp³-hybridized carbons (Fsp3) is 0.400. The van der Waals surface area contributed by atoms with Gasteiger partial charge in [-0.1, -0.05) is 6.07 Å². The van der Waals surface area contributed by atoms with Crippen molar-refractivity contribution in [1.82, 2.24) is 14.8 Å². The maximum absolute atomic E-state index is 12.1. The lowest BCUT2D eigenvalue weighted by atomic mass is 10.2. The number of nitrogens with one attached hydrogen (secondary N) is 2. The van der Waals surface area contributed by atoms with Crippen LogP contribution in [0.25, 0.3) is 0 Å². The van der Waals surface area contributed by atoms with Crippen LogP contribution in [0.1, 0.15) is 42.0 Å². The Morgan fingerprint density at radius 3 is 2.90 bits per heavy atom. The number of pyridine rings is 1. The van der Waals surface area contributed by atoms with Crippen LogP contribution in [-0.2, 0) is 0 Å². The lowest BCUT2D eigenvalue weighted by molar-refractivity contribution is 0.102. The van der Waals surface area contributed by atoms with E-state index in [9.17, 15) is 9.59 Å². The molecule has 1 aliphatic rings. The average molecular weight is 286 g/mol. The first-order valence-corrected chi connectivity index (χ1v) is 7.11. The Morgan fingerprint density at radius 2 is 2.24 bits per heavy atom. The number of aryl methyl sites for hydroxylation is 1. The maximum atomic E-state index is 12.1. The fourth-order valence-corrected chi connectivity index (χ4v) is 2.50. The van der Waals surface area contributed by atoms with Crippen LogP contribution < -0.4 is 10.9 Å². The van der Waals surface area contributed by atoms with E-state index in [1.807, 2.05) is 17.7 Å². The van der Waals surface area contributed by atoms with E-state index in [0.717, 1.165) is 5.69 Å². The molecule has 6 heteroatoms. The lowest BCUT2D eigenvalue weighted by Crippen LogP contribution is -2.18. The third-order valence-corrected chi connectivity index (χ3v) is 3.87. The molecule has 3 rings (SSSR count). The first-order chi connectivity index (χ1) is 10.0. The molecule has 0 bridgehead atoms. The van der Waals surface area contributed by atoms with Gasteiger partial charge in [-0.3, -0.25) is 14.3 Å². The molecule has 2 aromatic rings. The Labute approximate surface area is 122 Å². The normalized spacial score (nSPS) is 15.7. The topological polar surface area (TPSA) is 79.8 Å². The van der Waals surface area contributed by atoms with E-state index in [-0.39, 0.29) is 17.2 Å². The second-order valence-corrected chi connectivity index (χ2v) is 5.58. The van der Waals surface area contributed by atoms with E-state index in [1.165, 1.54) is 18.9 Å². The number of carbonyl (C=O) groups excluding carboxylic acids is 1. The molecule has 2 N–H and O–H groups in total. The molecule has 1 atom stereocenters. The summed E-state index contributed by atoms with van der Waals surface area (Å²) in [5.41, 5.74) is 0.947. The summed E-state index contributed by atoms with van der Waals surface area (Å²) in [6, 6.07) is 6.68. The highest BCUT2D eigenvalue weighted by Gasteiger charge is 2.30. The van der Waals surface area contributed by atoms with Crippen LogP contribution in [0.15, 0.2) is 29.1 Å². The van der Waals surface area contributed by atoms with Gasteiger partial charge in [-0.2, -0.15) is 5.10 Å². The molecule has 6 nitrogen and oxygen atoms in total. The summed E-state index contributed by atoms with van der Waals surface area (Å²) < 4.78 is 1.96. The predicted octanol–water partition coefficient (Wildman–Crippen LogP) is 2.10. The van der Waals surface area contributed by atoms with Gasteiger partial charge in [0.1, 0.15) is 5.69 Å². The van der Waals surface area contributed by atoms with Gasteiger partial charge in [0.15, 0.2) is 5.82 Å². The van der Waals surface area contributed by atoms with Crippen molar-refractivity contribution >= 4 is 11.7 Å². The Morgan fingerprint density at radius 1 is 1.48 bits per heavy atom. The van der Waals surface area contributed by atoms with Crippen LogP contribution in [0.2, 0.25) is 0 Å². The number of hydrogen-bond donors (Lipinski definition) is 2. The van der Waals surface area contributed by atoms with Crippen molar-refractivity contribution in [2.75, 3.05) is 5.32 Å². The van der Waals surface area contributed by atoms with Gasteiger partial charge in [-0.15, -0.1) is 0 Å². The Hall–Kier alpha value is -2.37. The van der Waals surface area contributed by atoms with E-state index < -0.39 is 0 Å². The summed E-state index contributed by atoms with van der Waals surface area (Å²) in [7, 11) is 0. The average Bonchev–Trinajstić information content (AvgIpc) is 3.23. The summed E-state index contributed by atoms with van der Waals surface area (Å²) in [5.74, 6) is 0.837. The lowest BCUT2D eigenvalue weighted by Gasteiger charge is -2.12. The zero-order chi connectivity index (χ0) is 15.0. The summed E-state index contributed by atoms with van der Waals surface area (Å²) in [4.78, 5) is 25.8. The molecule has 0 saturated heterocycles. The molecule has 0 aromatic carbocycles. The van der Waals surface area contributed by atoms with Crippen molar-refractivity contribution in [1.29, 1.82) is 0 Å². The molecule has 0 aliphatic heterocycles. The van der Waals surface area contributed by atoms with Crippen LogP contribution in [0, 0.1) is 12.8 Å². The van der Waals surface area contributed by atoms with Gasteiger partial charge in [0.25, 0.3) is 5.91 Å². The number of aromatic amines is 1. The molecule has 1 amide bonds. The highest BCUT2D eigenvalue weighted by Crippen LogP contribution is 2.39. The SMILES string of the molecule is Cc1cc(NC(=O)c2cccc(=O)[nH]2)nn1C(C)C1CC1. The number of carbonyl (C=O) groups is 1. The van der Waals surface area contributed by atoms with Gasteiger partial charge in [0.2, 0.25) is 5.56 Å². The van der Waals surface area contributed by atoms with Gasteiger partial charge in [0.05, 0.1) is 6.04 Å². The number of hydrogen-bond acceptors (Lipinski definition) is 3. The number of nitrogens with zero attached hydrogens (tertiary/aromatic N) is 2. The highest BCUT2D eigenvalue weighted by molar-refractivity contribution is 6.02. The monoisotopic (exact) mass is 286 g/mol. The van der Waals surface area contributed by atoms with Crippen LogP contribution in [0.5, 0.6) is 0 Å². The quantitative estimate of drug-likeness (QED) is 0.903. The van der Waals surface area contributed by atoms with Gasteiger partial charge < -0.3 is 10.3 Å². The predicted molar refractivity (Wildman–Crippen MR) is 79.4 cm³/mol. The molecule has 1 saturated carbocycles. The number of amides is 1. The minimum atomic E-state index is -0.364.